The number of benzene rings is 1. The van der Waals surface area contributed by atoms with Crippen molar-refractivity contribution in [2.75, 3.05) is 0 Å². The quantitative estimate of drug-likeness (QED) is 0.795. The molecule has 2 aliphatic carbocycles. The van der Waals surface area contributed by atoms with E-state index < -0.39 is 5.97 Å². The highest BCUT2D eigenvalue weighted by Crippen LogP contribution is 2.62. The van der Waals surface area contributed by atoms with Gasteiger partial charge in [0.05, 0.1) is 41.1 Å². The third kappa shape index (κ3) is 2.32. The van der Waals surface area contributed by atoms with Crippen LogP contribution in [-0.2, 0) is 4.79 Å². The van der Waals surface area contributed by atoms with E-state index in [-0.39, 0.29) is 11.3 Å². The van der Waals surface area contributed by atoms with Gasteiger partial charge in [-0.2, -0.15) is 5.10 Å². The van der Waals surface area contributed by atoms with E-state index in [2.05, 4.69) is 15.1 Å². The first kappa shape index (κ1) is 14.6. The largest absolute Gasteiger partial charge is 0.481 e. The Balaban J connectivity index is 1.32. The molecule has 0 aliphatic heterocycles. The number of rotatable bonds is 3. The number of aliphatic carboxylic acids is 1. The molecule has 2 heterocycles. The number of carboxylic acids is 1. The molecule has 1 spiro atoms. The van der Waals surface area contributed by atoms with Gasteiger partial charge in [0.15, 0.2) is 0 Å². The molecule has 2 aliphatic rings. The third-order valence-electron chi connectivity index (χ3n) is 5.77. The Hall–Kier alpha value is -2.76. The van der Waals surface area contributed by atoms with Crippen LogP contribution in [0, 0.1) is 11.3 Å². The highest BCUT2D eigenvalue weighted by atomic mass is 16.4. The molecule has 2 saturated carbocycles. The summed E-state index contributed by atoms with van der Waals surface area (Å²) in [5, 5.41) is 13.5. The maximum absolute atomic E-state index is 11.0. The topological polar surface area (TPSA) is 80.9 Å². The lowest BCUT2D eigenvalue weighted by Crippen LogP contribution is -2.50. The molecule has 126 valence electrons. The van der Waals surface area contributed by atoms with Crippen LogP contribution >= 0.6 is 0 Å². The van der Waals surface area contributed by atoms with Gasteiger partial charge in [-0.1, -0.05) is 12.1 Å². The fourth-order valence-corrected chi connectivity index (χ4v) is 4.39. The van der Waals surface area contributed by atoms with Gasteiger partial charge < -0.3 is 5.11 Å². The number of aromatic nitrogens is 4. The molecule has 25 heavy (non-hydrogen) atoms. The lowest BCUT2D eigenvalue weighted by molar-refractivity contribution is -0.157. The molecule has 3 aromatic rings. The summed E-state index contributed by atoms with van der Waals surface area (Å²) >= 11 is 0. The Labute approximate surface area is 144 Å². The van der Waals surface area contributed by atoms with Crippen molar-refractivity contribution in [3.63, 3.8) is 0 Å². The molecule has 6 nitrogen and oxygen atoms in total. The van der Waals surface area contributed by atoms with Crippen LogP contribution in [0.1, 0.15) is 31.7 Å². The van der Waals surface area contributed by atoms with E-state index in [4.69, 9.17) is 5.11 Å². The molecule has 0 unspecified atom stereocenters. The number of carbonyl (C=O) groups is 1. The van der Waals surface area contributed by atoms with Gasteiger partial charge in [0.1, 0.15) is 0 Å². The summed E-state index contributed by atoms with van der Waals surface area (Å²) < 4.78 is 2.01. The summed E-state index contributed by atoms with van der Waals surface area (Å²) in [4.78, 5) is 20.1. The molecule has 0 bridgehead atoms. The van der Waals surface area contributed by atoms with Crippen molar-refractivity contribution in [3.8, 4) is 11.3 Å². The minimum Gasteiger partial charge on any atom is -0.481 e. The first-order valence-corrected chi connectivity index (χ1v) is 8.61. The summed E-state index contributed by atoms with van der Waals surface area (Å²) in [7, 11) is 0. The molecular formula is C19H18N4O2. The average Bonchev–Trinajstić information content (AvgIpc) is 3.01. The van der Waals surface area contributed by atoms with Gasteiger partial charge in [0.25, 0.3) is 0 Å². The molecular weight excluding hydrogens is 316 g/mol. The Morgan fingerprint density at radius 2 is 1.88 bits per heavy atom. The van der Waals surface area contributed by atoms with E-state index in [0.29, 0.717) is 6.04 Å². The maximum Gasteiger partial charge on any atom is 0.306 e. The zero-order valence-electron chi connectivity index (χ0n) is 13.7. The molecule has 1 aromatic carbocycles. The predicted octanol–water partition coefficient (Wildman–Crippen LogP) is 3.31. The number of para-hydroxylation sites is 2. The second kappa shape index (κ2) is 5.12. The zero-order valence-corrected chi connectivity index (χ0v) is 13.7. The van der Waals surface area contributed by atoms with Crippen LogP contribution < -0.4 is 0 Å². The second-order valence-electron chi connectivity index (χ2n) is 7.46. The minimum absolute atomic E-state index is 0.137. The van der Waals surface area contributed by atoms with Crippen LogP contribution in [0.15, 0.2) is 42.9 Å². The molecule has 0 atom stereocenters. The van der Waals surface area contributed by atoms with Crippen molar-refractivity contribution in [2.24, 2.45) is 11.3 Å². The summed E-state index contributed by atoms with van der Waals surface area (Å²) in [6, 6.07) is 8.20. The van der Waals surface area contributed by atoms with Crippen molar-refractivity contribution >= 4 is 17.0 Å². The first-order chi connectivity index (χ1) is 12.1. The summed E-state index contributed by atoms with van der Waals surface area (Å²) in [5.41, 5.74) is 3.81. The van der Waals surface area contributed by atoms with E-state index >= 15 is 0 Å². The van der Waals surface area contributed by atoms with E-state index in [0.717, 1.165) is 48.0 Å². The van der Waals surface area contributed by atoms with Gasteiger partial charge in [0.2, 0.25) is 0 Å². The lowest BCUT2D eigenvalue weighted by Gasteiger charge is -2.56. The molecule has 1 N–H and O–H groups in total. The number of carboxylic acid groups (broad SMARTS) is 1. The fourth-order valence-electron chi connectivity index (χ4n) is 4.39. The highest BCUT2D eigenvalue weighted by molar-refractivity contribution is 5.76. The van der Waals surface area contributed by atoms with Gasteiger partial charge in [-0.15, -0.1) is 0 Å². The number of hydrogen-bond acceptors (Lipinski definition) is 4. The van der Waals surface area contributed by atoms with Crippen molar-refractivity contribution in [2.45, 2.75) is 31.7 Å². The van der Waals surface area contributed by atoms with Crippen molar-refractivity contribution < 1.29 is 9.90 Å². The van der Waals surface area contributed by atoms with Gasteiger partial charge in [-0.3, -0.25) is 14.5 Å². The number of fused-ring (bicyclic) bond motifs is 1. The van der Waals surface area contributed by atoms with Gasteiger partial charge >= 0.3 is 5.97 Å². The summed E-state index contributed by atoms with van der Waals surface area (Å²) in [5.74, 6) is -0.785. The smallest absolute Gasteiger partial charge is 0.306 e. The number of hydrogen-bond donors (Lipinski definition) is 1. The monoisotopic (exact) mass is 334 g/mol. The standard InChI is InChI=1S/C19H18N4O2/c24-18(25)12-5-19(6-12)7-14(8-19)23-11-13(9-21-23)17-10-20-15-3-1-2-4-16(15)22-17/h1-4,9-12,14H,5-8H2,(H,24,25). The van der Waals surface area contributed by atoms with Crippen molar-refractivity contribution in [1.82, 2.24) is 19.7 Å². The average molecular weight is 334 g/mol. The van der Waals surface area contributed by atoms with Gasteiger partial charge in [-0.25, -0.2) is 4.98 Å². The molecule has 0 saturated heterocycles. The maximum atomic E-state index is 11.0. The Morgan fingerprint density at radius 3 is 2.64 bits per heavy atom. The van der Waals surface area contributed by atoms with E-state index in [9.17, 15) is 4.79 Å². The SMILES string of the molecule is O=C(O)C1CC2(C1)CC(n1cc(-c3cnc4ccccc4n3)cn1)C2. The highest BCUT2D eigenvalue weighted by Gasteiger charge is 2.55. The first-order valence-electron chi connectivity index (χ1n) is 8.61. The molecule has 5 rings (SSSR count). The third-order valence-corrected chi connectivity index (χ3v) is 5.77. The minimum atomic E-state index is -0.648. The number of nitrogens with zero attached hydrogens (tertiary/aromatic N) is 4. The Bertz CT molecular complexity index is 966. The van der Waals surface area contributed by atoms with E-state index in [1.54, 1.807) is 6.20 Å². The van der Waals surface area contributed by atoms with Gasteiger partial charge in [0, 0.05) is 11.8 Å². The summed E-state index contributed by atoms with van der Waals surface area (Å²) in [6.45, 7) is 0. The normalized spacial score (nSPS) is 27.8. The molecule has 0 radical (unpaired) electrons. The van der Waals surface area contributed by atoms with Crippen LogP contribution in [0.2, 0.25) is 0 Å². The molecule has 2 aromatic heterocycles. The molecule has 0 amide bonds. The van der Waals surface area contributed by atoms with Crippen LogP contribution in [-0.4, -0.2) is 30.8 Å². The van der Waals surface area contributed by atoms with Crippen LogP contribution in [0.3, 0.4) is 0 Å². The van der Waals surface area contributed by atoms with Crippen LogP contribution in [0.4, 0.5) is 0 Å². The molecule has 2 fully saturated rings. The predicted molar refractivity (Wildman–Crippen MR) is 91.8 cm³/mol. The van der Waals surface area contributed by atoms with Crippen molar-refractivity contribution in [3.05, 3.63) is 42.9 Å². The van der Waals surface area contributed by atoms with Crippen LogP contribution in [0.5, 0.6) is 0 Å². The molecule has 6 heteroatoms. The zero-order chi connectivity index (χ0) is 17.0. The summed E-state index contributed by atoms with van der Waals surface area (Å²) in [6.07, 6.45) is 9.36. The van der Waals surface area contributed by atoms with Gasteiger partial charge in [-0.05, 0) is 43.2 Å². The fraction of sp³-hybridized carbons (Fsp3) is 0.368. The van der Waals surface area contributed by atoms with E-state index in [1.807, 2.05) is 41.3 Å². The Morgan fingerprint density at radius 1 is 1.12 bits per heavy atom. The van der Waals surface area contributed by atoms with Crippen molar-refractivity contribution in [1.29, 1.82) is 0 Å². The Kier molecular flexibility index (Phi) is 2.98. The van der Waals surface area contributed by atoms with E-state index in [1.165, 1.54) is 0 Å². The second-order valence-corrected chi connectivity index (χ2v) is 7.46. The van der Waals surface area contributed by atoms with Crippen LogP contribution in [0.25, 0.3) is 22.3 Å². The lowest BCUT2D eigenvalue weighted by atomic mass is 9.50.